The smallest absolute Gasteiger partial charge is 0.261 e. The van der Waals surface area contributed by atoms with Gasteiger partial charge < -0.3 is 5.32 Å². The van der Waals surface area contributed by atoms with Gasteiger partial charge in [-0.3, -0.25) is 4.79 Å². The molecule has 0 amide bonds. The van der Waals surface area contributed by atoms with Gasteiger partial charge in [0.15, 0.2) is 0 Å². The second-order valence-corrected chi connectivity index (χ2v) is 7.57. The molecular formula is C15H12Cl2FNO3S. The van der Waals surface area contributed by atoms with Gasteiger partial charge in [0.25, 0.3) is 14.3 Å². The molecule has 0 fully saturated rings. The minimum Gasteiger partial charge on any atom is -0.385 e. The molecule has 0 bridgehead atoms. The van der Waals surface area contributed by atoms with Crippen LogP contribution in [0.4, 0.5) is 10.1 Å². The molecule has 2 rings (SSSR count). The SMILES string of the molecule is O=C(Cl)c1cc(S(=O)(=O)Cl)c(CCNc2ccccc2)cc1F. The van der Waals surface area contributed by atoms with Gasteiger partial charge in [-0.1, -0.05) is 18.2 Å². The number of carbonyl (C=O) groups excluding carboxylic acids is 1. The molecule has 0 aliphatic carbocycles. The van der Waals surface area contributed by atoms with Gasteiger partial charge in [-0.05, 0) is 47.9 Å². The molecule has 23 heavy (non-hydrogen) atoms. The molecule has 0 unspecified atom stereocenters. The first-order valence-corrected chi connectivity index (χ1v) is 9.23. The van der Waals surface area contributed by atoms with Crippen molar-refractivity contribution in [3.63, 3.8) is 0 Å². The molecule has 0 aliphatic rings. The molecule has 0 radical (unpaired) electrons. The summed E-state index contributed by atoms with van der Waals surface area (Å²) in [6.45, 7) is 0.358. The van der Waals surface area contributed by atoms with Crippen LogP contribution in [0.2, 0.25) is 0 Å². The second-order valence-electron chi connectivity index (χ2n) is 4.69. The van der Waals surface area contributed by atoms with E-state index < -0.39 is 25.7 Å². The zero-order valence-electron chi connectivity index (χ0n) is 11.7. The molecule has 0 aromatic heterocycles. The van der Waals surface area contributed by atoms with Crippen LogP contribution < -0.4 is 5.32 Å². The standard InChI is InChI=1S/C15H12Cl2FNO3S/c16-15(20)12-9-14(23(17,21)22)10(8-13(12)18)6-7-19-11-4-2-1-3-5-11/h1-5,8-9,19H,6-7H2. The molecule has 0 saturated heterocycles. The molecule has 0 saturated carbocycles. The van der Waals surface area contributed by atoms with Crippen molar-refractivity contribution in [2.24, 2.45) is 0 Å². The van der Waals surface area contributed by atoms with E-state index in [0.717, 1.165) is 17.8 Å². The molecule has 4 nitrogen and oxygen atoms in total. The highest BCUT2D eigenvalue weighted by Gasteiger charge is 2.21. The lowest BCUT2D eigenvalue weighted by molar-refractivity contribution is 0.107. The number of anilines is 1. The average Bonchev–Trinajstić information content (AvgIpc) is 2.46. The molecule has 0 atom stereocenters. The van der Waals surface area contributed by atoms with Crippen molar-refractivity contribution in [2.75, 3.05) is 11.9 Å². The molecule has 2 aromatic carbocycles. The third kappa shape index (κ3) is 4.67. The summed E-state index contributed by atoms with van der Waals surface area (Å²) < 4.78 is 37.1. The van der Waals surface area contributed by atoms with Crippen molar-refractivity contribution in [3.05, 3.63) is 59.4 Å². The summed E-state index contributed by atoms with van der Waals surface area (Å²) in [5, 5.41) is 1.99. The fraction of sp³-hybridized carbons (Fsp3) is 0.133. The Hall–Kier alpha value is -1.63. The molecule has 2 aromatic rings. The van der Waals surface area contributed by atoms with E-state index >= 15 is 0 Å². The summed E-state index contributed by atoms with van der Waals surface area (Å²) >= 11 is 5.24. The minimum absolute atomic E-state index is 0.169. The maximum atomic E-state index is 13.9. The van der Waals surface area contributed by atoms with Gasteiger partial charge in [-0.15, -0.1) is 0 Å². The van der Waals surface area contributed by atoms with E-state index in [1.807, 2.05) is 30.3 Å². The van der Waals surface area contributed by atoms with Gasteiger partial charge in [0.1, 0.15) is 5.82 Å². The van der Waals surface area contributed by atoms with Crippen molar-refractivity contribution in [2.45, 2.75) is 11.3 Å². The quantitative estimate of drug-likeness (QED) is 0.780. The third-order valence-corrected chi connectivity index (χ3v) is 4.73. The first-order valence-electron chi connectivity index (χ1n) is 6.55. The summed E-state index contributed by atoms with van der Waals surface area (Å²) in [7, 11) is 1.23. The Morgan fingerprint density at radius 2 is 1.83 bits per heavy atom. The summed E-state index contributed by atoms with van der Waals surface area (Å²) in [4.78, 5) is 10.8. The van der Waals surface area contributed by atoms with E-state index in [4.69, 9.17) is 22.3 Å². The van der Waals surface area contributed by atoms with Crippen molar-refractivity contribution in [1.29, 1.82) is 0 Å². The Balaban J connectivity index is 2.27. The lowest BCUT2D eigenvalue weighted by Gasteiger charge is -2.11. The summed E-state index contributed by atoms with van der Waals surface area (Å²) in [6, 6.07) is 11.1. The molecule has 0 heterocycles. The van der Waals surface area contributed by atoms with Gasteiger partial charge >= 0.3 is 0 Å². The van der Waals surface area contributed by atoms with Crippen molar-refractivity contribution >= 4 is 42.3 Å². The number of halogens is 3. The summed E-state index contributed by atoms with van der Waals surface area (Å²) in [5.74, 6) is -0.885. The van der Waals surface area contributed by atoms with Crippen LogP contribution in [-0.4, -0.2) is 20.2 Å². The fourth-order valence-corrected chi connectivity index (χ4v) is 3.37. The van der Waals surface area contributed by atoms with Crippen molar-refractivity contribution in [3.8, 4) is 0 Å². The predicted octanol–water partition coefficient (Wildman–Crippen LogP) is 3.79. The Morgan fingerprint density at radius 1 is 1.17 bits per heavy atom. The van der Waals surface area contributed by atoms with Crippen LogP contribution in [0.25, 0.3) is 0 Å². The zero-order valence-corrected chi connectivity index (χ0v) is 14.1. The van der Waals surface area contributed by atoms with Crippen molar-refractivity contribution in [1.82, 2.24) is 0 Å². The maximum Gasteiger partial charge on any atom is 0.261 e. The van der Waals surface area contributed by atoms with Crippen LogP contribution >= 0.6 is 22.3 Å². The molecule has 8 heteroatoms. The lowest BCUT2D eigenvalue weighted by Crippen LogP contribution is -2.10. The van der Waals surface area contributed by atoms with Gasteiger partial charge in [-0.25, -0.2) is 12.8 Å². The normalized spacial score (nSPS) is 11.3. The largest absolute Gasteiger partial charge is 0.385 e. The highest BCUT2D eigenvalue weighted by molar-refractivity contribution is 8.13. The van der Waals surface area contributed by atoms with Crippen LogP contribution in [0.5, 0.6) is 0 Å². The first-order chi connectivity index (χ1) is 10.8. The number of hydrogen-bond donors (Lipinski definition) is 1. The number of carbonyl (C=O) groups is 1. The van der Waals surface area contributed by atoms with E-state index in [2.05, 4.69) is 5.32 Å². The molecule has 1 N–H and O–H groups in total. The van der Waals surface area contributed by atoms with Gasteiger partial charge in [-0.2, -0.15) is 0 Å². The monoisotopic (exact) mass is 375 g/mol. The van der Waals surface area contributed by atoms with E-state index in [1.165, 1.54) is 0 Å². The lowest BCUT2D eigenvalue weighted by atomic mass is 10.1. The predicted molar refractivity (Wildman–Crippen MR) is 88.3 cm³/mol. The first kappa shape index (κ1) is 17.7. The highest BCUT2D eigenvalue weighted by atomic mass is 35.7. The Kier molecular flexibility index (Phi) is 5.62. The van der Waals surface area contributed by atoms with Crippen LogP contribution in [0, 0.1) is 5.82 Å². The summed E-state index contributed by atoms with van der Waals surface area (Å²) in [6.07, 6.45) is 0.198. The third-order valence-electron chi connectivity index (χ3n) is 3.12. The maximum absolute atomic E-state index is 13.9. The highest BCUT2D eigenvalue weighted by Crippen LogP contribution is 2.25. The number of hydrogen-bond acceptors (Lipinski definition) is 4. The van der Waals surface area contributed by atoms with Gasteiger partial charge in [0, 0.05) is 22.9 Å². The van der Waals surface area contributed by atoms with Crippen LogP contribution in [-0.2, 0) is 15.5 Å². The molecular weight excluding hydrogens is 364 g/mol. The number of rotatable bonds is 6. The molecule has 0 spiro atoms. The number of nitrogens with one attached hydrogen (secondary N) is 1. The van der Waals surface area contributed by atoms with Crippen LogP contribution in [0.15, 0.2) is 47.4 Å². The topological polar surface area (TPSA) is 63.2 Å². The van der Waals surface area contributed by atoms with Crippen LogP contribution in [0.3, 0.4) is 0 Å². The van der Waals surface area contributed by atoms with E-state index in [-0.39, 0.29) is 16.9 Å². The van der Waals surface area contributed by atoms with Gasteiger partial charge in [0.2, 0.25) is 0 Å². The van der Waals surface area contributed by atoms with Crippen molar-refractivity contribution < 1.29 is 17.6 Å². The number of benzene rings is 2. The Bertz CT molecular complexity index is 826. The molecule has 122 valence electrons. The van der Waals surface area contributed by atoms with E-state index in [1.54, 1.807) is 0 Å². The summed E-state index contributed by atoms with van der Waals surface area (Å²) in [5.41, 5.74) is 0.490. The average molecular weight is 376 g/mol. The minimum atomic E-state index is -4.13. The second kappa shape index (κ2) is 7.29. The van der Waals surface area contributed by atoms with E-state index in [0.29, 0.717) is 6.54 Å². The Labute approximate surface area is 142 Å². The number of para-hydroxylation sites is 1. The van der Waals surface area contributed by atoms with Gasteiger partial charge in [0.05, 0.1) is 10.5 Å². The fourth-order valence-electron chi connectivity index (χ4n) is 2.07. The van der Waals surface area contributed by atoms with Crippen LogP contribution in [0.1, 0.15) is 15.9 Å². The molecule has 0 aliphatic heterocycles. The van der Waals surface area contributed by atoms with E-state index in [9.17, 15) is 17.6 Å². The zero-order chi connectivity index (χ0) is 17.0. The Morgan fingerprint density at radius 3 is 2.39 bits per heavy atom.